The molecule has 2 fully saturated rings. The third kappa shape index (κ3) is 2.72. The van der Waals surface area contributed by atoms with Gasteiger partial charge in [0.1, 0.15) is 5.75 Å². The fourth-order valence-corrected chi connectivity index (χ4v) is 4.19. The molecular formula is C18H24N2O2. The van der Waals surface area contributed by atoms with Gasteiger partial charge in [0, 0.05) is 11.7 Å². The van der Waals surface area contributed by atoms with Crippen LogP contribution >= 0.6 is 0 Å². The molecule has 1 saturated heterocycles. The SMILES string of the molecule is O=C(Nc1ccc2c(c1)CCCO2)C1CC2CCCCC2N1. The predicted octanol–water partition coefficient (Wildman–Crippen LogP) is 2.87. The summed E-state index contributed by atoms with van der Waals surface area (Å²) in [5, 5.41) is 6.63. The van der Waals surface area contributed by atoms with E-state index in [1.807, 2.05) is 12.1 Å². The normalized spacial score (nSPS) is 30.1. The summed E-state index contributed by atoms with van der Waals surface area (Å²) in [5.74, 6) is 1.78. The fourth-order valence-electron chi connectivity index (χ4n) is 4.19. The number of rotatable bonds is 2. The molecule has 3 atom stereocenters. The molecule has 3 unspecified atom stereocenters. The minimum atomic E-state index is -0.0274. The molecule has 4 heteroatoms. The van der Waals surface area contributed by atoms with Gasteiger partial charge in [0.25, 0.3) is 0 Å². The second-order valence-electron chi connectivity index (χ2n) is 6.87. The number of hydrogen-bond acceptors (Lipinski definition) is 3. The molecule has 0 spiro atoms. The second kappa shape index (κ2) is 5.92. The molecule has 2 aliphatic heterocycles. The molecule has 4 nitrogen and oxygen atoms in total. The molecule has 2 heterocycles. The second-order valence-corrected chi connectivity index (χ2v) is 6.87. The molecule has 118 valence electrons. The number of amides is 1. The van der Waals surface area contributed by atoms with Crippen molar-refractivity contribution in [3.05, 3.63) is 23.8 Å². The summed E-state index contributed by atoms with van der Waals surface area (Å²) < 4.78 is 5.62. The van der Waals surface area contributed by atoms with Crippen LogP contribution in [0.2, 0.25) is 0 Å². The van der Waals surface area contributed by atoms with Gasteiger partial charge in [-0.15, -0.1) is 0 Å². The quantitative estimate of drug-likeness (QED) is 0.883. The first kappa shape index (κ1) is 14.1. The first-order valence-corrected chi connectivity index (χ1v) is 8.62. The van der Waals surface area contributed by atoms with E-state index >= 15 is 0 Å². The Morgan fingerprint density at radius 3 is 3.05 bits per heavy atom. The Morgan fingerprint density at radius 1 is 1.23 bits per heavy atom. The summed E-state index contributed by atoms with van der Waals surface area (Å²) in [4.78, 5) is 12.5. The summed E-state index contributed by atoms with van der Waals surface area (Å²) in [5.41, 5.74) is 2.10. The number of nitrogens with one attached hydrogen (secondary N) is 2. The molecular weight excluding hydrogens is 276 g/mol. The van der Waals surface area contributed by atoms with Gasteiger partial charge in [0.15, 0.2) is 0 Å². The van der Waals surface area contributed by atoms with Crippen LogP contribution in [-0.2, 0) is 11.2 Å². The molecule has 1 saturated carbocycles. The van der Waals surface area contributed by atoms with E-state index in [4.69, 9.17) is 4.74 Å². The highest BCUT2D eigenvalue weighted by Crippen LogP contribution is 2.34. The summed E-state index contributed by atoms with van der Waals surface area (Å²) in [7, 11) is 0. The molecule has 1 aliphatic carbocycles. The summed E-state index contributed by atoms with van der Waals surface area (Å²) in [6.07, 6.45) is 8.20. The molecule has 1 aromatic rings. The van der Waals surface area contributed by atoms with E-state index < -0.39 is 0 Å². The monoisotopic (exact) mass is 300 g/mol. The molecule has 0 bridgehead atoms. The van der Waals surface area contributed by atoms with Gasteiger partial charge in [-0.25, -0.2) is 0 Å². The van der Waals surface area contributed by atoms with Gasteiger partial charge in [-0.1, -0.05) is 12.8 Å². The number of hydrogen-bond donors (Lipinski definition) is 2. The lowest BCUT2D eigenvalue weighted by molar-refractivity contribution is -0.117. The van der Waals surface area contributed by atoms with E-state index in [1.165, 1.54) is 31.2 Å². The Balaban J connectivity index is 1.41. The lowest BCUT2D eigenvalue weighted by atomic mass is 9.85. The van der Waals surface area contributed by atoms with E-state index in [1.54, 1.807) is 0 Å². The lowest BCUT2D eigenvalue weighted by Gasteiger charge is -2.24. The number of ether oxygens (including phenoxy) is 1. The summed E-state index contributed by atoms with van der Waals surface area (Å²) in [6, 6.07) is 6.52. The van der Waals surface area contributed by atoms with Crippen molar-refractivity contribution in [3.8, 4) is 5.75 Å². The molecule has 1 aromatic carbocycles. The zero-order valence-electron chi connectivity index (χ0n) is 12.9. The van der Waals surface area contributed by atoms with Crippen LogP contribution in [0.4, 0.5) is 5.69 Å². The van der Waals surface area contributed by atoms with Crippen molar-refractivity contribution in [2.24, 2.45) is 5.92 Å². The van der Waals surface area contributed by atoms with E-state index in [-0.39, 0.29) is 11.9 Å². The van der Waals surface area contributed by atoms with Crippen molar-refractivity contribution < 1.29 is 9.53 Å². The van der Waals surface area contributed by atoms with Gasteiger partial charge < -0.3 is 15.4 Å². The van der Waals surface area contributed by atoms with Crippen molar-refractivity contribution in [2.45, 2.75) is 57.0 Å². The number of carbonyl (C=O) groups excluding carboxylic acids is 1. The topological polar surface area (TPSA) is 50.4 Å². The third-order valence-electron chi connectivity index (χ3n) is 5.36. The maximum atomic E-state index is 12.5. The molecule has 4 rings (SSSR count). The molecule has 0 radical (unpaired) electrons. The van der Waals surface area contributed by atoms with Crippen LogP contribution in [0.15, 0.2) is 18.2 Å². The van der Waals surface area contributed by atoms with E-state index in [9.17, 15) is 4.79 Å². The highest BCUT2D eigenvalue weighted by Gasteiger charge is 2.38. The number of aryl methyl sites for hydroxylation is 1. The zero-order chi connectivity index (χ0) is 14.9. The van der Waals surface area contributed by atoms with Gasteiger partial charge in [-0.3, -0.25) is 4.79 Å². The van der Waals surface area contributed by atoms with Crippen LogP contribution in [-0.4, -0.2) is 24.6 Å². The largest absolute Gasteiger partial charge is 0.493 e. The Hall–Kier alpha value is -1.55. The number of anilines is 1. The summed E-state index contributed by atoms with van der Waals surface area (Å²) >= 11 is 0. The van der Waals surface area contributed by atoms with Gasteiger partial charge in [0.05, 0.1) is 12.6 Å². The maximum absolute atomic E-state index is 12.5. The number of fused-ring (bicyclic) bond motifs is 2. The minimum absolute atomic E-state index is 0.0274. The highest BCUT2D eigenvalue weighted by molar-refractivity contribution is 5.95. The van der Waals surface area contributed by atoms with Gasteiger partial charge in [-0.05, 0) is 61.8 Å². The molecule has 1 amide bonds. The number of carbonyl (C=O) groups is 1. The number of benzene rings is 1. The Labute approximate surface area is 131 Å². The molecule has 2 N–H and O–H groups in total. The van der Waals surface area contributed by atoms with Crippen LogP contribution < -0.4 is 15.4 Å². The zero-order valence-corrected chi connectivity index (χ0v) is 12.9. The average molecular weight is 300 g/mol. The van der Waals surface area contributed by atoms with Crippen molar-refractivity contribution in [3.63, 3.8) is 0 Å². The van der Waals surface area contributed by atoms with Crippen molar-refractivity contribution in [1.29, 1.82) is 0 Å². The first-order valence-electron chi connectivity index (χ1n) is 8.62. The highest BCUT2D eigenvalue weighted by atomic mass is 16.5. The standard InChI is InChI=1S/C18H24N2O2/c21-18(16-11-12-4-1-2-6-15(12)20-16)19-14-7-8-17-13(10-14)5-3-9-22-17/h7-8,10,12,15-16,20H,1-6,9,11H2,(H,19,21). The first-order chi connectivity index (χ1) is 10.8. The van der Waals surface area contributed by atoms with Crippen LogP contribution in [0.5, 0.6) is 5.75 Å². The third-order valence-corrected chi connectivity index (χ3v) is 5.36. The smallest absolute Gasteiger partial charge is 0.241 e. The van der Waals surface area contributed by atoms with Gasteiger partial charge in [0.2, 0.25) is 5.91 Å². The van der Waals surface area contributed by atoms with Gasteiger partial charge in [-0.2, -0.15) is 0 Å². The van der Waals surface area contributed by atoms with Crippen LogP contribution in [0.1, 0.15) is 44.1 Å². The van der Waals surface area contributed by atoms with Crippen molar-refractivity contribution in [1.82, 2.24) is 5.32 Å². The Bertz CT molecular complexity index is 558. The Morgan fingerprint density at radius 2 is 2.14 bits per heavy atom. The van der Waals surface area contributed by atoms with E-state index in [0.717, 1.165) is 37.3 Å². The van der Waals surface area contributed by atoms with Crippen molar-refractivity contribution in [2.75, 3.05) is 11.9 Å². The minimum Gasteiger partial charge on any atom is -0.493 e. The molecule has 22 heavy (non-hydrogen) atoms. The van der Waals surface area contributed by atoms with E-state index in [0.29, 0.717) is 12.0 Å². The predicted molar refractivity (Wildman–Crippen MR) is 86.2 cm³/mol. The maximum Gasteiger partial charge on any atom is 0.241 e. The molecule has 3 aliphatic rings. The fraction of sp³-hybridized carbons (Fsp3) is 0.611. The molecule has 0 aromatic heterocycles. The van der Waals surface area contributed by atoms with Crippen LogP contribution in [0, 0.1) is 5.92 Å². The van der Waals surface area contributed by atoms with Crippen LogP contribution in [0.3, 0.4) is 0 Å². The average Bonchev–Trinajstić information content (AvgIpc) is 2.99. The summed E-state index contributed by atoms with van der Waals surface area (Å²) in [6.45, 7) is 0.799. The lowest BCUT2D eigenvalue weighted by Crippen LogP contribution is -2.39. The van der Waals surface area contributed by atoms with Crippen molar-refractivity contribution >= 4 is 11.6 Å². The van der Waals surface area contributed by atoms with Gasteiger partial charge >= 0.3 is 0 Å². The van der Waals surface area contributed by atoms with Crippen LogP contribution in [0.25, 0.3) is 0 Å². The Kier molecular flexibility index (Phi) is 3.78. The van der Waals surface area contributed by atoms with E-state index in [2.05, 4.69) is 16.7 Å².